The fraction of sp³-hybridized carbons (Fsp3) is 0.278. The first-order chi connectivity index (χ1) is 15.4. The van der Waals surface area contributed by atoms with Crippen molar-refractivity contribution in [1.29, 1.82) is 0 Å². The molecule has 2 aromatic rings. The van der Waals surface area contributed by atoms with Crippen molar-refractivity contribution in [2.45, 2.75) is 18.0 Å². The van der Waals surface area contributed by atoms with Gasteiger partial charge in [0.25, 0.3) is 18.1 Å². The Balaban J connectivity index is 1.53. The predicted molar refractivity (Wildman–Crippen MR) is 112 cm³/mol. The van der Waals surface area contributed by atoms with Crippen molar-refractivity contribution in [3.05, 3.63) is 47.1 Å². The first kappa shape index (κ1) is 21.7. The lowest BCUT2D eigenvalue weighted by atomic mass is 10.0. The van der Waals surface area contributed by atoms with Crippen LogP contribution in [-0.2, 0) is 25.8 Å². The van der Waals surface area contributed by atoms with Crippen LogP contribution in [0.1, 0.15) is 5.69 Å². The van der Waals surface area contributed by atoms with Gasteiger partial charge in [0.1, 0.15) is 37.0 Å². The van der Waals surface area contributed by atoms with E-state index in [0.29, 0.717) is 11.3 Å². The summed E-state index contributed by atoms with van der Waals surface area (Å²) in [5.41, 5.74) is 6.01. The molecule has 1 saturated heterocycles. The first-order valence-corrected chi connectivity index (χ1v) is 11.1. The number of nitrogens with zero attached hydrogens (tertiary/aromatic N) is 5. The van der Waals surface area contributed by atoms with Crippen molar-refractivity contribution in [3.8, 4) is 0 Å². The van der Waals surface area contributed by atoms with Crippen LogP contribution in [0.2, 0.25) is 0 Å². The number of hydrogen-bond acceptors (Lipinski definition) is 11. The number of aromatic nitrogens is 3. The van der Waals surface area contributed by atoms with Gasteiger partial charge in [-0.15, -0.1) is 23.1 Å². The van der Waals surface area contributed by atoms with Gasteiger partial charge in [0.2, 0.25) is 0 Å². The summed E-state index contributed by atoms with van der Waals surface area (Å²) in [6.07, 6.45) is 4.90. The number of rotatable bonds is 7. The Hall–Kier alpha value is -3.52. The number of anilines is 1. The van der Waals surface area contributed by atoms with Crippen LogP contribution in [-0.4, -0.2) is 62.6 Å². The lowest BCUT2D eigenvalue weighted by Gasteiger charge is -2.50. The zero-order chi connectivity index (χ0) is 22.8. The number of nitrogens with one attached hydrogen (secondary N) is 1. The zero-order valence-electron chi connectivity index (χ0n) is 16.6. The summed E-state index contributed by atoms with van der Waals surface area (Å²) >= 11 is 2.47. The van der Waals surface area contributed by atoms with Crippen molar-refractivity contribution >= 4 is 51.7 Å². The Labute approximate surface area is 189 Å². The summed E-state index contributed by atoms with van der Waals surface area (Å²) in [6, 6.07) is 0.778. The van der Waals surface area contributed by atoms with Gasteiger partial charge in [-0.05, 0) is 0 Å². The second-order valence-electron chi connectivity index (χ2n) is 6.72. The van der Waals surface area contributed by atoms with E-state index in [1.54, 1.807) is 29.4 Å². The highest BCUT2D eigenvalue weighted by Gasteiger charge is 2.53. The molecule has 0 radical (unpaired) electrons. The van der Waals surface area contributed by atoms with Crippen LogP contribution < -0.4 is 20.7 Å². The third-order valence-electron chi connectivity index (χ3n) is 4.73. The molecule has 0 spiro atoms. The number of nitrogens with two attached hydrogens (primary N) is 1. The summed E-state index contributed by atoms with van der Waals surface area (Å²) in [5, 5.41) is 19.3. The highest BCUT2D eigenvalue weighted by molar-refractivity contribution is 8.00. The molecular formula is C18H17N7O5S2. The van der Waals surface area contributed by atoms with Gasteiger partial charge in [-0.2, -0.15) is 0 Å². The van der Waals surface area contributed by atoms with Gasteiger partial charge in [0.15, 0.2) is 10.8 Å². The van der Waals surface area contributed by atoms with E-state index in [0.717, 1.165) is 16.2 Å². The van der Waals surface area contributed by atoms with Crippen molar-refractivity contribution in [3.63, 3.8) is 0 Å². The molecule has 2 atom stereocenters. The molecule has 1 unspecified atom stereocenters. The fourth-order valence-electron chi connectivity index (χ4n) is 3.37. The largest absolute Gasteiger partial charge is 0.543 e. The smallest absolute Gasteiger partial charge is 0.286 e. The molecule has 0 aromatic carbocycles. The molecule has 12 nitrogen and oxygen atoms in total. The lowest BCUT2D eigenvalue weighted by molar-refractivity contribution is -0.692. The van der Waals surface area contributed by atoms with Crippen LogP contribution in [0, 0.1) is 0 Å². The molecule has 3 N–H and O–H groups in total. The minimum Gasteiger partial charge on any atom is -0.543 e. The molecule has 1 fully saturated rings. The lowest BCUT2D eigenvalue weighted by Crippen LogP contribution is -2.71. The average Bonchev–Trinajstić information content (AvgIpc) is 3.21. The molecular weight excluding hydrogens is 458 g/mol. The van der Waals surface area contributed by atoms with Crippen LogP contribution in [0.15, 0.2) is 46.6 Å². The van der Waals surface area contributed by atoms with Crippen molar-refractivity contribution in [2.24, 2.45) is 5.16 Å². The number of thiazole rings is 1. The van der Waals surface area contributed by atoms with Crippen molar-refractivity contribution < 1.29 is 28.9 Å². The highest BCUT2D eigenvalue weighted by Crippen LogP contribution is 2.40. The number of carbonyl (C=O) groups is 3. The number of fused-ring (bicyclic) bond motifs is 1. The number of oxime groups is 1. The highest BCUT2D eigenvalue weighted by atomic mass is 32.2. The van der Waals surface area contributed by atoms with Gasteiger partial charge in [-0.3, -0.25) is 14.5 Å². The molecule has 166 valence electrons. The van der Waals surface area contributed by atoms with Crippen LogP contribution >= 0.6 is 23.1 Å². The number of hydrogen-bond donors (Lipinski definition) is 2. The molecule has 4 rings (SSSR count). The third-order valence-corrected chi connectivity index (χ3v) is 6.74. The van der Waals surface area contributed by atoms with Gasteiger partial charge in [-0.25, -0.2) is 9.55 Å². The van der Waals surface area contributed by atoms with Crippen molar-refractivity contribution in [1.82, 2.24) is 20.2 Å². The van der Waals surface area contributed by atoms with Gasteiger partial charge >= 0.3 is 0 Å². The van der Waals surface area contributed by atoms with E-state index < -0.39 is 29.2 Å². The quantitative estimate of drug-likeness (QED) is 0.197. The predicted octanol–water partition coefficient (Wildman–Crippen LogP) is -2.14. The summed E-state index contributed by atoms with van der Waals surface area (Å²) in [6.45, 7) is 0.244. The third kappa shape index (κ3) is 4.01. The SMILES string of the molecule is CO/N=C(\C(=O)N[C@@H]1C(=O)N2C(C(=O)[O-])=C(C[n+]3cccnc3)CSC12)c1csc(N)n1. The molecule has 0 bridgehead atoms. The monoisotopic (exact) mass is 475 g/mol. The number of carboxylic acids is 1. The number of aliphatic carboxylic acids is 1. The summed E-state index contributed by atoms with van der Waals surface area (Å²) in [7, 11) is 1.27. The van der Waals surface area contributed by atoms with Crippen LogP contribution in [0.5, 0.6) is 0 Å². The maximum atomic E-state index is 12.8. The van der Waals surface area contributed by atoms with E-state index >= 15 is 0 Å². The number of amides is 2. The second kappa shape index (κ2) is 8.92. The van der Waals surface area contributed by atoms with Gasteiger partial charge in [-0.1, -0.05) is 10.1 Å². The van der Waals surface area contributed by atoms with Gasteiger partial charge < -0.3 is 25.8 Å². The maximum Gasteiger partial charge on any atom is 0.286 e. The average molecular weight is 476 g/mol. The molecule has 32 heavy (non-hydrogen) atoms. The number of thioether (sulfide) groups is 1. The molecule has 0 aliphatic carbocycles. The minimum atomic E-state index is -1.45. The van der Waals surface area contributed by atoms with E-state index in [-0.39, 0.29) is 28.8 Å². The molecule has 14 heteroatoms. The minimum absolute atomic E-state index is 0.142. The van der Waals surface area contributed by atoms with E-state index in [1.165, 1.54) is 24.3 Å². The Morgan fingerprint density at radius 1 is 1.50 bits per heavy atom. The number of nitrogen functional groups attached to an aromatic ring is 1. The van der Waals surface area contributed by atoms with Crippen LogP contribution in [0.4, 0.5) is 5.13 Å². The fourth-order valence-corrected chi connectivity index (χ4v) is 5.25. The number of carbonyl (C=O) groups excluding carboxylic acids is 3. The topological polar surface area (TPSA) is 167 Å². The van der Waals surface area contributed by atoms with E-state index in [4.69, 9.17) is 10.6 Å². The Bertz CT molecular complexity index is 1130. The summed E-state index contributed by atoms with van der Waals surface area (Å²) in [4.78, 5) is 51.3. The number of β-lactam (4-membered cyclic amide) rings is 1. The van der Waals surface area contributed by atoms with Crippen molar-refractivity contribution in [2.75, 3.05) is 18.6 Å². The standard InChI is InChI=1S/C18H17N7O5S2/c1-30-23-11(10-7-32-18(19)21-10)14(26)22-12-15(27)25-13(17(28)29)9(6-31-16(12)25)5-24-4-2-3-20-8-24/h2-4,7-8,12,16H,5-6H2,1H3,(H3-,19,21,22,26,28,29)/b23-11-/t12-,16?/m1/s1. The van der Waals surface area contributed by atoms with Crippen LogP contribution in [0.3, 0.4) is 0 Å². The Morgan fingerprint density at radius 3 is 2.94 bits per heavy atom. The van der Waals surface area contributed by atoms with Gasteiger partial charge in [0.05, 0.1) is 17.9 Å². The Morgan fingerprint density at radius 2 is 2.31 bits per heavy atom. The van der Waals surface area contributed by atoms with E-state index in [9.17, 15) is 19.5 Å². The van der Waals surface area contributed by atoms with Gasteiger partial charge in [0, 0.05) is 22.8 Å². The summed E-state index contributed by atoms with van der Waals surface area (Å²) < 4.78 is 1.70. The molecule has 2 aromatic heterocycles. The van der Waals surface area contributed by atoms with E-state index in [1.807, 2.05) is 0 Å². The maximum absolute atomic E-state index is 12.8. The molecule has 2 amide bonds. The first-order valence-electron chi connectivity index (χ1n) is 9.21. The Kier molecular flexibility index (Phi) is 6.05. The van der Waals surface area contributed by atoms with Crippen LogP contribution in [0.25, 0.3) is 0 Å². The molecule has 4 heterocycles. The molecule has 2 aliphatic rings. The zero-order valence-corrected chi connectivity index (χ0v) is 18.3. The second-order valence-corrected chi connectivity index (χ2v) is 8.72. The normalized spacial score (nSPS) is 20.5. The molecule has 0 saturated carbocycles. The van der Waals surface area contributed by atoms with E-state index in [2.05, 4.69) is 20.4 Å². The molecule has 2 aliphatic heterocycles. The number of carboxylic acid groups (broad SMARTS) is 1. The summed E-state index contributed by atoms with van der Waals surface area (Å²) in [5.74, 6) is -2.36.